The molecular formula is C12H20N3O+. The lowest BCUT2D eigenvalue weighted by Crippen LogP contribution is -2.34. The summed E-state index contributed by atoms with van der Waals surface area (Å²) in [7, 11) is 0. The molecule has 1 rings (SSSR count). The number of nitrogens with zero attached hydrogens (tertiary/aromatic N) is 2. The molecule has 4 nitrogen and oxygen atoms in total. The van der Waals surface area contributed by atoms with Gasteiger partial charge in [-0.1, -0.05) is 6.58 Å². The van der Waals surface area contributed by atoms with Crippen molar-refractivity contribution in [3.05, 3.63) is 30.9 Å². The zero-order valence-electron chi connectivity index (χ0n) is 10.1. The van der Waals surface area contributed by atoms with Gasteiger partial charge in [-0.2, -0.15) is 0 Å². The van der Waals surface area contributed by atoms with Crippen LogP contribution in [0.1, 0.15) is 20.3 Å². The molecule has 0 aliphatic heterocycles. The van der Waals surface area contributed by atoms with Gasteiger partial charge < -0.3 is 5.32 Å². The lowest BCUT2D eigenvalue weighted by molar-refractivity contribution is -0.696. The molecule has 0 spiro atoms. The molecule has 0 saturated heterocycles. The molecule has 1 aromatic rings. The molecule has 0 atom stereocenters. The summed E-state index contributed by atoms with van der Waals surface area (Å²) in [6.07, 6.45) is 7.09. The monoisotopic (exact) mass is 222 g/mol. The SMILES string of the molecule is C=C(C)C(=O)NCCC[n+]1ccn(CC)c1. The molecule has 0 radical (unpaired) electrons. The Morgan fingerprint density at radius 2 is 2.31 bits per heavy atom. The summed E-state index contributed by atoms with van der Waals surface area (Å²) in [6, 6.07) is 0. The van der Waals surface area contributed by atoms with E-state index in [1.807, 2.05) is 12.4 Å². The largest absolute Gasteiger partial charge is 0.352 e. The highest BCUT2D eigenvalue weighted by molar-refractivity contribution is 5.91. The van der Waals surface area contributed by atoms with Gasteiger partial charge in [0.15, 0.2) is 0 Å². The topological polar surface area (TPSA) is 37.9 Å². The Bertz CT molecular complexity index is 368. The Morgan fingerprint density at radius 3 is 2.88 bits per heavy atom. The molecule has 88 valence electrons. The smallest absolute Gasteiger partial charge is 0.246 e. The summed E-state index contributed by atoms with van der Waals surface area (Å²) in [6.45, 7) is 10.0. The van der Waals surface area contributed by atoms with Gasteiger partial charge in [0.25, 0.3) is 0 Å². The van der Waals surface area contributed by atoms with E-state index in [4.69, 9.17) is 0 Å². The Balaban J connectivity index is 2.20. The van der Waals surface area contributed by atoms with Crippen molar-refractivity contribution in [2.24, 2.45) is 0 Å². The minimum absolute atomic E-state index is 0.0591. The van der Waals surface area contributed by atoms with Gasteiger partial charge in [-0.3, -0.25) is 4.79 Å². The minimum Gasteiger partial charge on any atom is -0.352 e. The fourth-order valence-corrected chi connectivity index (χ4v) is 1.37. The van der Waals surface area contributed by atoms with E-state index < -0.39 is 0 Å². The van der Waals surface area contributed by atoms with Crippen molar-refractivity contribution in [3.63, 3.8) is 0 Å². The second-order valence-electron chi connectivity index (χ2n) is 3.87. The second kappa shape index (κ2) is 6.10. The highest BCUT2D eigenvalue weighted by atomic mass is 16.1. The highest BCUT2D eigenvalue weighted by Gasteiger charge is 2.03. The number of aryl methyl sites for hydroxylation is 2. The zero-order valence-corrected chi connectivity index (χ0v) is 10.1. The van der Waals surface area contributed by atoms with Crippen LogP contribution in [0.3, 0.4) is 0 Å². The summed E-state index contributed by atoms with van der Waals surface area (Å²) in [5, 5.41) is 2.81. The molecule has 0 bridgehead atoms. The number of carbonyl (C=O) groups excluding carboxylic acids is 1. The molecule has 4 heteroatoms. The van der Waals surface area contributed by atoms with Crippen LogP contribution in [0.2, 0.25) is 0 Å². The van der Waals surface area contributed by atoms with Crippen LogP contribution < -0.4 is 9.88 Å². The first-order valence-electron chi connectivity index (χ1n) is 5.62. The average molecular weight is 222 g/mol. The van der Waals surface area contributed by atoms with E-state index in [1.165, 1.54) is 0 Å². The van der Waals surface area contributed by atoms with Crippen molar-refractivity contribution >= 4 is 5.91 Å². The molecule has 1 N–H and O–H groups in total. The van der Waals surface area contributed by atoms with E-state index in [2.05, 4.69) is 34.3 Å². The first kappa shape index (κ1) is 12.5. The van der Waals surface area contributed by atoms with Crippen molar-refractivity contribution in [1.29, 1.82) is 0 Å². The lowest BCUT2D eigenvalue weighted by Gasteiger charge is -2.02. The van der Waals surface area contributed by atoms with E-state index in [0.717, 1.165) is 19.5 Å². The summed E-state index contributed by atoms with van der Waals surface area (Å²) in [5.41, 5.74) is 0.560. The Morgan fingerprint density at radius 1 is 1.56 bits per heavy atom. The van der Waals surface area contributed by atoms with Gasteiger partial charge in [0.05, 0.1) is 13.1 Å². The van der Waals surface area contributed by atoms with Gasteiger partial charge in [0, 0.05) is 18.5 Å². The average Bonchev–Trinajstić information content (AvgIpc) is 2.71. The summed E-state index contributed by atoms with van der Waals surface area (Å²) >= 11 is 0. The number of amides is 1. The molecule has 0 aliphatic carbocycles. The number of hydrogen-bond donors (Lipinski definition) is 1. The summed E-state index contributed by atoms with van der Waals surface area (Å²) in [4.78, 5) is 11.2. The van der Waals surface area contributed by atoms with Crippen LogP contribution in [0.4, 0.5) is 0 Å². The van der Waals surface area contributed by atoms with Crippen LogP contribution in [0, 0.1) is 0 Å². The molecule has 0 fully saturated rings. The van der Waals surface area contributed by atoms with Gasteiger partial charge in [0.1, 0.15) is 12.4 Å². The Kier molecular flexibility index (Phi) is 4.76. The predicted molar refractivity (Wildman–Crippen MR) is 62.7 cm³/mol. The molecule has 1 aromatic heterocycles. The highest BCUT2D eigenvalue weighted by Crippen LogP contribution is 1.87. The van der Waals surface area contributed by atoms with Crippen LogP contribution in [0.5, 0.6) is 0 Å². The Hall–Kier alpha value is -1.58. The number of nitrogens with one attached hydrogen (secondary N) is 1. The minimum atomic E-state index is -0.0591. The van der Waals surface area contributed by atoms with Crippen LogP contribution in [0.25, 0.3) is 0 Å². The summed E-state index contributed by atoms with van der Waals surface area (Å²) in [5.74, 6) is -0.0591. The van der Waals surface area contributed by atoms with Gasteiger partial charge >= 0.3 is 0 Å². The normalized spacial score (nSPS) is 10.1. The number of imidazole rings is 1. The fourth-order valence-electron chi connectivity index (χ4n) is 1.37. The number of aromatic nitrogens is 2. The maximum atomic E-state index is 11.2. The third kappa shape index (κ3) is 3.88. The van der Waals surface area contributed by atoms with Gasteiger partial charge in [-0.15, -0.1) is 0 Å². The molecule has 0 aliphatic rings. The molecule has 1 amide bonds. The number of rotatable bonds is 6. The van der Waals surface area contributed by atoms with Crippen LogP contribution >= 0.6 is 0 Å². The zero-order chi connectivity index (χ0) is 12.0. The Labute approximate surface area is 96.6 Å². The van der Waals surface area contributed by atoms with Crippen molar-refractivity contribution in [2.45, 2.75) is 33.4 Å². The first-order chi connectivity index (χ1) is 7.63. The van der Waals surface area contributed by atoms with Crippen LogP contribution in [0.15, 0.2) is 30.9 Å². The van der Waals surface area contributed by atoms with E-state index in [9.17, 15) is 4.79 Å². The van der Waals surface area contributed by atoms with E-state index in [0.29, 0.717) is 12.1 Å². The van der Waals surface area contributed by atoms with Gasteiger partial charge in [-0.25, -0.2) is 9.13 Å². The van der Waals surface area contributed by atoms with Crippen LogP contribution in [-0.4, -0.2) is 17.0 Å². The third-order valence-electron chi connectivity index (χ3n) is 2.38. The maximum absolute atomic E-state index is 11.2. The second-order valence-corrected chi connectivity index (χ2v) is 3.87. The first-order valence-corrected chi connectivity index (χ1v) is 5.62. The number of hydrogen-bond acceptors (Lipinski definition) is 1. The molecule has 0 saturated carbocycles. The van der Waals surface area contributed by atoms with E-state index in [1.54, 1.807) is 6.92 Å². The third-order valence-corrected chi connectivity index (χ3v) is 2.38. The van der Waals surface area contributed by atoms with Crippen molar-refractivity contribution in [1.82, 2.24) is 9.88 Å². The van der Waals surface area contributed by atoms with Crippen LogP contribution in [-0.2, 0) is 17.9 Å². The van der Waals surface area contributed by atoms with E-state index >= 15 is 0 Å². The van der Waals surface area contributed by atoms with Crippen molar-refractivity contribution in [2.75, 3.05) is 6.54 Å². The molecule has 0 unspecified atom stereocenters. The number of carbonyl (C=O) groups is 1. The van der Waals surface area contributed by atoms with Crippen molar-refractivity contribution in [3.8, 4) is 0 Å². The van der Waals surface area contributed by atoms with Crippen molar-refractivity contribution < 1.29 is 9.36 Å². The summed E-state index contributed by atoms with van der Waals surface area (Å²) < 4.78 is 4.24. The lowest BCUT2D eigenvalue weighted by atomic mass is 10.3. The molecular weight excluding hydrogens is 202 g/mol. The predicted octanol–water partition coefficient (Wildman–Crippen LogP) is 0.878. The fraction of sp³-hybridized carbons (Fsp3) is 0.500. The van der Waals surface area contributed by atoms with E-state index in [-0.39, 0.29) is 5.91 Å². The maximum Gasteiger partial charge on any atom is 0.246 e. The molecule has 0 aromatic carbocycles. The van der Waals surface area contributed by atoms with Gasteiger partial charge in [-0.05, 0) is 13.8 Å². The quantitative estimate of drug-likeness (QED) is 0.433. The molecule has 1 heterocycles. The van der Waals surface area contributed by atoms with Gasteiger partial charge in [0.2, 0.25) is 12.2 Å². The molecule has 16 heavy (non-hydrogen) atoms. The standard InChI is InChI=1S/C12H19N3O/c1-4-14-8-9-15(10-14)7-5-6-13-12(16)11(2)3/h8-10H,2,4-7H2,1,3H3/p+1.